The molecular formula is C21H28N4OS. The van der Waals surface area contributed by atoms with E-state index in [0.717, 1.165) is 45.0 Å². The molecule has 1 saturated heterocycles. The molecule has 144 valence electrons. The van der Waals surface area contributed by atoms with E-state index in [1.165, 1.54) is 11.1 Å². The van der Waals surface area contributed by atoms with Crippen LogP contribution >= 0.6 is 11.3 Å². The van der Waals surface area contributed by atoms with E-state index in [9.17, 15) is 4.79 Å². The highest BCUT2D eigenvalue weighted by atomic mass is 32.1. The highest BCUT2D eigenvalue weighted by molar-refractivity contribution is 7.07. The largest absolute Gasteiger partial charge is 0.356 e. The van der Waals surface area contributed by atoms with Gasteiger partial charge in [-0.3, -0.25) is 9.79 Å². The van der Waals surface area contributed by atoms with Crippen LogP contribution in [0.3, 0.4) is 0 Å². The quantitative estimate of drug-likeness (QED) is 0.543. The predicted molar refractivity (Wildman–Crippen MR) is 112 cm³/mol. The van der Waals surface area contributed by atoms with Gasteiger partial charge in [0.15, 0.2) is 5.96 Å². The van der Waals surface area contributed by atoms with Crippen molar-refractivity contribution in [3.63, 3.8) is 0 Å². The Labute approximate surface area is 165 Å². The summed E-state index contributed by atoms with van der Waals surface area (Å²) in [4.78, 5) is 18.5. The van der Waals surface area contributed by atoms with Gasteiger partial charge < -0.3 is 15.5 Å². The molecule has 1 amide bonds. The third-order valence-corrected chi connectivity index (χ3v) is 5.61. The second-order valence-corrected chi connectivity index (χ2v) is 7.69. The summed E-state index contributed by atoms with van der Waals surface area (Å²) in [6, 6.07) is 12.5. The summed E-state index contributed by atoms with van der Waals surface area (Å²) in [5.74, 6) is 1.40. The summed E-state index contributed by atoms with van der Waals surface area (Å²) in [7, 11) is 1.78. The number of nitrogens with one attached hydrogen (secondary N) is 2. The Bertz CT molecular complexity index is 730. The molecule has 1 atom stereocenters. The van der Waals surface area contributed by atoms with Crippen molar-refractivity contribution in [2.75, 3.05) is 33.2 Å². The van der Waals surface area contributed by atoms with Gasteiger partial charge >= 0.3 is 0 Å². The summed E-state index contributed by atoms with van der Waals surface area (Å²) >= 11 is 1.72. The Morgan fingerprint density at radius 2 is 2.04 bits per heavy atom. The maximum absolute atomic E-state index is 12.3. The van der Waals surface area contributed by atoms with E-state index >= 15 is 0 Å². The second-order valence-electron chi connectivity index (χ2n) is 6.91. The summed E-state index contributed by atoms with van der Waals surface area (Å²) in [5.41, 5.74) is 2.63. The van der Waals surface area contributed by atoms with Gasteiger partial charge in [-0.25, -0.2) is 0 Å². The van der Waals surface area contributed by atoms with Crippen LogP contribution in [0.25, 0.3) is 0 Å². The predicted octanol–water partition coefficient (Wildman–Crippen LogP) is 2.55. The fraction of sp³-hybridized carbons (Fsp3) is 0.429. The molecule has 0 radical (unpaired) electrons. The van der Waals surface area contributed by atoms with E-state index in [1.807, 2.05) is 23.1 Å². The van der Waals surface area contributed by atoms with E-state index in [2.05, 4.69) is 44.6 Å². The Hall–Kier alpha value is -2.34. The van der Waals surface area contributed by atoms with Gasteiger partial charge in [-0.05, 0) is 40.8 Å². The zero-order valence-electron chi connectivity index (χ0n) is 15.9. The molecule has 1 aliphatic rings. The van der Waals surface area contributed by atoms with E-state index in [0.29, 0.717) is 12.3 Å². The number of rotatable bonds is 8. The van der Waals surface area contributed by atoms with E-state index in [4.69, 9.17) is 0 Å². The molecule has 0 saturated carbocycles. The molecule has 6 heteroatoms. The van der Waals surface area contributed by atoms with Gasteiger partial charge in [-0.2, -0.15) is 11.3 Å². The van der Waals surface area contributed by atoms with E-state index < -0.39 is 0 Å². The molecule has 2 heterocycles. The number of guanidine groups is 1. The molecule has 2 aromatic rings. The molecule has 1 unspecified atom stereocenters. The third kappa shape index (κ3) is 6.10. The van der Waals surface area contributed by atoms with Gasteiger partial charge in [-0.1, -0.05) is 30.3 Å². The monoisotopic (exact) mass is 384 g/mol. The van der Waals surface area contributed by atoms with Gasteiger partial charge in [0.2, 0.25) is 5.91 Å². The Morgan fingerprint density at radius 1 is 1.19 bits per heavy atom. The minimum atomic E-state index is 0.262. The van der Waals surface area contributed by atoms with Crippen LogP contribution < -0.4 is 10.6 Å². The van der Waals surface area contributed by atoms with E-state index in [-0.39, 0.29) is 5.91 Å². The summed E-state index contributed by atoms with van der Waals surface area (Å²) in [5, 5.41) is 11.0. The number of thiophene rings is 1. The van der Waals surface area contributed by atoms with Crippen LogP contribution in [0.2, 0.25) is 0 Å². The number of amides is 1. The number of aliphatic imine (C=N–C) groups is 1. The minimum absolute atomic E-state index is 0.262. The van der Waals surface area contributed by atoms with Crippen molar-refractivity contribution in [3.8, 4) is 0 Å². The standard InChI is InChI=1S/C21H28N4OS/c1-22-21(23-10-7-18-9-12-27-16-18)24-14-19-13-20(26)25(15-19)11-8-17-5-3-2-4-6-17/h2-6,9,12,16,19H,7-8,10-11,13-15H2,1H3,(H2,22,23,24). The highest BCUT2D eigenvalue weighted by Crippen LogP contribution is 2.17. The molecule has 1 aliphatic heterocycles. The molecule has 1 aromatic heterocycles. The molecule has 0 aliphatic carbocycles. The number of hydrogen-bond acceptors (Lipinski definition) is 3. The Morgan fingerprint density at radius 3 is 2.78 bits per heavy atom. The zero-order chi connectivity index (χ0) is 18.9. The first-order valence-electron chi connectivity index (χ1n) is 9.52. The maximum atomic E-state index is 12.3. The fourth-order valence-electron chi connectivity index (χ4n) is 3.34. The van der Waals surface area contributed by atoms with Gasteiger partial charge in [0, 0.05) is 45.6 Å². The summed E-state index contributed by atoms with van der Waals surface area (Å²) < 4.78 is 0. The smallest absolute Gasteiger partial charge is 0.223 e. The molecule has 1 aromatic carbocycles. The molecule has 5 nitrogen and oxygen atoms in total. The molecule has 3 rings (SSSR count). The Balaban J connectivity index is 1.37. The summed E-state index contributed by atoms with van der Waals surface area (Å²) in [6.07, 6.45) is 2.52. The van der Waals surface area contributed by atoms with Crippen molar-refractivity contribution in [1.29, 1.82) is 0 Å². The number of benzene rings is 1. The average molecular weight is 385 g/mol. The van der Waals surface area contributed by atoms with E-state index in [1.54, 1.807) is 18.4 Å². The van der Waals surface area contributed by atoms with Crippen molar-refractivity contribution in [2.45, 2.75) is 19.3 Å². The van der Waals surface area contributed by atoms with Crippen LogP contribution in [0.15, 0.2) is 52.2 Å². The van der Waals surface area contributed by atoms with Gasteiger partial charge in [0.05, 0.1) is 0 Å². The zero-order valence-corrected chi connectivity index (χ0v) is 16.7. The van der Waals surface area contributed by atoms with Crippen molar-refractivity contribution >= 4 is 23.2 Å². The normalized spacial score (nSPS) is 17.4. The lowest BCUT2D eigenvalue weighted by atomic mass is 10.1. The van der Waals surface area contributed by atoms with Crippen molar-refractivity contribution in [2.24, 2.45) is 10.9 Å². The number of nitrogens with zero attached hydrogens (tertiary/aromatic N) is 2. The lowest BCUT2D eigenvalue weighted by Gasteiger charge is -2.18. The molecule has 0 bridgehead atoms. The fourth-order valence-corrected chi connectivity index (χ4v) is 4.04. The maximum Gasteiger partial charge on any atom is 0.223 e. The second kappa shape index (κ2) is 10.1. The highest BCUT2D eigenvalue weighted by Gasteiger charge is 2.29. The Kier molecular flexibility index (Phi) is 7.27. The first-order valence-corrected chi connectivity index (χ1v) is 10.5. The van der Waals surface area contributed by atoms with Crippen LogP contribution in [0.1, 0.15) is 17.5 Å². The molecule has 0 spiro atoms. The molecule has 2 N–H and O–H groups in total. The van der Waals surface area contributed by atoms with Gasteiger partial charge in [0.25, 0.3) is 0 Å². The molecule has 1 fully saturated rings. The number of hydrogen-bond donors (Lipinski definition) is 2. The SMILES string of the molecule is CN=C(NCCc1ccsc1)NCC1CC(=O)N(CCc2ccccc2)C1. The van der Waals surface area contributed by atoms with Crippen molar-refractivity contribution < 1.29 is 4.79 Å². The van der Waals surface area contributed by atoms with Gasteiger partial charge in [0.1, 0.15) is 0 Å². The molecular weight excluding hydrogens is 356 g/mol. The van der Waals surface area contributed by atoms with Crippen LogP contribution in [0, 0.1) is 5.92 Å². The average Bonchev–Trinajstić information content (AvgIpc) is 3.33. The van der Waals surface area contributed by atoms with Crippen LogP contribution in [0.5, 0.6) is 0 Å². The number of carbonyl (C=O) groups excluding carboxylic acids is 1. The lowest BCUT2D eigenvalue weighted by Crippen LogP contribution is -2.41. The third-order valence-electron chi connectivity index (χ3n) is 4.88. The topological polar surface area (TPSA) is 56.7 Å². The summed E-state index contributed by atoms with van der Waals surface area (Å²) in [6.45, 7) is 3.24. The van der Waals surface area contributed by atoms with Crippen molar-refractivity contribution in [3.05, 3.63) is 58.3 Å². The first kappa shape index (κ1) is 19.4. The van der Waals surface area contributed by atoms with Crippen LogP contribution in [0.4, 0.5) is 0 Å². The van der Waals surface area contributed by atoms with Crippen LogP contribution in [-0.2, 0) is 17.6 Å². The van der Waals surface area contributed by atoms with Crippen molar-refractivity contribution in [1.82, 2.24) is 15.5 Å². The van der Waals surface area contributed by atoms with Crippen LogP contribution in [-0.4, -0.2) is 50.0 Å². The minimum Gasteiger partial charge on any atom is -0.356 e. The first-order chi connectivity index (χ1) is 13.2. The number of likely N-dealkylation sites (tertiary alicyclic amines) is 1. The lowest BCUT2D eigenvalue weighted by molar-refractivity contribution is -0.127. The molecule has 27 heavy (non-hydrogen) atoms. The van der Waals surface area contributed by atoms with Gasteiger partial charge in [-0.15, -0.1) is 0 Å². The number of carbonyl (C=O) groups is 1.